The van der Waals surface area contributed by atoms with E-state index in [1.54, 1.807) is 22.7 Å². The smallest absolute Gasteiger partial charge is 0.220 e. The van der Waals surface area contributed by atoms with Crippen molar-refractivity contribution in [2.75, 3.05) is 0 Å². The molecule has 0 bridgehead atoms. The number of aromatic nitrogens is 2. The summed E-state index contributed by atoms with van der Waals surface area (Å²) in [7, 11) is 0. The molecule has 0 aliphatic rings. The van der Waals surface area contributed by atoms with Crippen molar-refractivity contribution < 1.29 is 13.7 Å². The van der Waals surface area contributed by atoms with Gasteiger partial charge in [-0.05, 0) is 47.5 Å². The van der Waals surface area contributed by atoms with Crippen LogP contribution in [-0.4, -0.2) is 9.13 Å². The lowest BCUT2D eigenvalue weighted by Gasteiger charge is -2.25. The Labute approximate surface area is 377 Å². The summed E-state index contributed by atoms with van der Waals surface area (Å²) in [6.07, 6.45) is 0. The number of hydrogen-bond acceptors (Lipinski definition) is 3. The van der Waals surface area contributed by atoms with Gasteiger partial charge in [-0.15, -0.1) is 22.7 Å². The molecule has 4 heterocycles. The van der Waals surface area contributed by atoms with Gasteiger partial charge < -0.3 is 9.13 Å². The van der Waals surface area contributed by atoms with Gasteiger partial charge in [-0.1, -0.05) is 145 Å². The monoisotopic (exact) mass is 832 g/mol. The highest BCUT2D eigenvalue weighted by Crippen LogP contribution is 2.54. The Balaban J connectivity index is 1.37. The lowest BCUT2D eigenvalue weighted by Crippen LogP contribution is -2.08. The first kappa shape index (κ1) is 26.3. The number of thiophene rings is 2. The van der Waals surface area contributed by atoms with Crippen molar-refractivity contribution in [2.45, 2.75) is 0 Å². The largest absolute Gasteiger partial charge is 0.318 e. The van der Waals surface area contributed by atoms with E-state index in [0.717, 1.165) is 61.9 Å². The minimum Gasteiger partial charge on any atom is -0.318 e. The molecule has 13 aromatic rings. The fraction of sp³-hybridized carbons (Fsp3) is 0. The molecule has 4 nitrogen and oxygen atoms in total. The fourth-order valence-corrected chi connectivity index (χ4v) is 12.1. The zero-order chi connectivity index (χ0) is 49.8. The van der Waals surface area contributed by atoms with Gasteiger partial charge in [0, 0.05) is 73.0 Å². The number of hydrogen-bond donors (Lipinski definition) is 0. The molecular weight excluding hydrogens is 793 g/mol. The number of nitriles is 1. The molecule has 0 radical (unpaired) electrons. The summed E-state index contributed by atoms with van der Waals surface area (Å²) >= 11 is 3.19. The van der Waals surface area contributed by atoms with Crippen LogP contribution in [0, 0.1) is 17.9 Å². The third-order valence-corrected chi connectivity index (χ3v) is 14.4. The van der Waals surface area contributed by atoms with Crippen molar-refractivity contribution in [3.63, 3.8) is 0 Å². The fourth-order valence-electron chi connectivity index (χ4n) is 9.55. The number of benzene rings is 9. The molecule has 4 aromatic heterocycles. The van der Waals surface area contributed by atoms with E-state index < -0.39 is 66.0 Å². The van der Waals surface area contributed by atoms with Crippen LogP contribution in [0.3, 0.4) is 0 Å². The van der Waals surface area contributed by atoms with Gasteiger partial charge in [-0.25, -0.2) is 4.85 Å². The zero-order valence-electron chi connectivity index (χ0n) is 42.2. The lowest BCUT2D eigenvalue weighted by atomic mass is 9.88. The van der Waals surface area contributed by atoms with Gasteiger partial charge >= 0.3 is 0 Å². The number of para-hydroxylation sites is 2. The SMILES string of the molecule is [2H]c1c([2H])c([2H])c(-c2c(C#N)c(-n3c4ccccc4c4c5sc6ccccc6c5ccc43)c(-c3c([2H])c([2H])c([2H])c([2H])c3[2H])c(-n3c4ccccc4c4c5sc6ccccc6c5ccc43)c2[N+]#[C-])c([2H])c1[2H]. The van der Waals surface area contributed by atoms with Crippen molar-refractivity contribution in [3.8, 4) is 39.7 Å². The molecule has 9 aromatic carbocycles. The van der Waals surface area contributed by atoms with Gasteiger partial charge in [-0.2, -0.15) is 5.26 Å². The molecule has 0 aliphatic heterocycles. The number of nitrogens with zero attached hydrogens (tertiary/aromatic N) is 4. The highest BCUT2D eigenvalue weighted by molar-refractivity contribution is 7.27. The molecule has 0 fully saturated rings. The maximum Gasteiger partial charge on any atom is 0.220 e. The highest BCUT2D eigenvalue weighted by Gasteiger charge is 2.32. The van der Waals surface area contributed by atoms with E-state index in [2.05, 4.69) is 35.2 Å². The standard InChI is InChI=1S/C56H30N4S2/c1-58-52-48(33-16-4-2-5-17-33)41(32-57)53(59-42-24-12-8-22-39(42)50-44(59)30-28-37-35-20-10-14-26-46(35)61-55(37)50)49(34-18-6-3-7-19-34)54(52)60-43-25-13-9-23-40(43)51-45(60)31-29-38-36-21-11-15-27-47(36)62-56(38)51/h2-31H/i2D,3D,4D,5D,6D,7D,16D,17D,18D,19D. The van der Waals surface area contributed by atoms with Crippen LogP contribution in [0.15, 0.2) is 182 Å². The van der Waals surface area contributed by atoms with Crippen LogP contribution in [-0.2, 0) is 0 Å². The first-order valence-corrected chi connectivity index (χ1v) is 21.3. The third kappa shape index (κ3) is 4.68. The Kier molecular flexibility index (Phi) is 5.61. The molecule has 0 N–H and O–H groups in total. The molecule has 0 spiro atoms. The van der Waals surface area contributed by atoms with Crippen LogP contribution in [0.1, 0.15) is 19.3 Å². The molecule has 0 aliphatic carbocycles. The predicted molar refractivity (Wildman–Crippen MR) is 263 cm³/mol. The summed E-state index contributed by atoms with van der Waals surface area (Å²) in [5, 5.41) is 19.2. The van der Waals surface area contributed by atoms with E-state index in [1.165, 1.54) is 0 Å². The molecule has 62 heavy (non-hydrogen) atoms. The summed E-state index contributed by atoms with van der Waals surface area (Å²) < 4.78 is 99.5. The van der Waals surface area contributed by atoms with Gasteiger partial charge in [0.1, 0.15) is 6.07 Å². The van der Waals surface area contributed by atoms with Crippen molar-refractivity contribution >= 4 is 112 Å². The molecule has 0 unspecified atom stereocenters. The van der Waals surface area contributed by atoms with Crippen LogP contribution >= 0.6 is 22.7 Å². The van der Waals surface area contributed by atoms with Crippen LogP contribution in [0.4, 0.5) is 5.69 Å². The van der Waals surface area contributed by atoms with E-state index in [0.29, 0.717) is 22.1 Å². The highest BCUT2D eigenvalue weighted by atomic mass is 32.1. The predicted octanol–water partition coefficient (Wildman–Crippen LogP) is 16.4. The van der Waals surface area contributed by atoms with E-state index in [4.69, 9.17) is 8.22 Å². The Morgan fingerprint density at radius 3 is 1.44 bits per heavy atom. The summed E-state index contributed by atoms with van der Waals surface area (Å²) in [6.45, 7) is 9.24. The quantitative estimate of drug-likeness (QED) is 0.163. The number of fused-ring (bicyclic) bond motifs is 14. The summed E-state index contributed by atoms with van der Waals surface area (Å²) in [6, 6.07) is 35.0. The Morgan fingerprint density at radius 2 is 0.935 bits per heavy atom. The van der Waals surface area contributed by atoms with Crippen molar-refractivity contribution in [1.29, 1.82) is 5.26 Å². The second-order valence-corrected chi connectivity index (χ2v) is 17.1. The van der Waals surface area contributed by atoms with Crippen LogP contribution in [0.5, 0.6) is 0 Å². The van der Waals surface area contributed by atoms with E-state index in [9.17, 15) is 17.3 Å². The normalized spacial score (nSPS) is 14.1. The lowest BCUT2D eigenvalue weighted by molar-refractivity contribution is 1.13. The van der Waals surface area contributed by atoms with E-state index in [1.807, 2.05) is 106 Å². The van der Waals surface area contributed by atoms with Gasteiger partial charge in [0.25, 0.3) is 0 Å². The van der Waals surface area contributed by atoms with E-state index >= 15 is 0 Å². The van der Waals surface area contributed by atoms with Crippen molar-refractivity contribution in [1.82, 2.24) is 9.13 Å². The van der Waals surface area contributed by atoms with Crippen LogP contribution < -0.4 is 0 Å². The average molecular weight is 833 g/mol. The molecular formula is C56H30N4S2. The first-order chi connectivity index (χ1) is 34.9. The summed E-state index contributed by atoms with van der Waals surface area (Å²) in [4.78, 5) is 4.19. The average Bonchev–Trinajstić information content (AvgIpc) is 4.16. The van der Waals surface area contributed by atoms with Gasteiger partial charge in [-0.3, -0.25) is 0 Å². The van der Waals surface area contributed by atoms with Gasteiger partial charge in [0.2, 0.25) is 5.69 Å². The molecule has 6 heteroatoms. The second-order valence-electron chi connectivity index (χ2n) is 15.0. The Hall–Kier alpha value is -8.00. The summed E-state index contributed by atoms with van der Waals surface area (Å²) in [5.74, 6) is 0. The van der Waals surface area contributed by atoms with Crippen molar-refractivity contribution in [3.05, 3.63) is 199 Å². The molecule has 0 amide bonds. The van der Waals surface area contributed by atoms with Gasteiger partial charge in [0.05, 0.1) is 59.3 Å². The van der Waals surface area contributed by atoms with Crippen LogP contribution in [0.25, 0.3) is 122 Å². The molecule has 0 atom stereocenters. The second kappa shape index (κ2) is 13.3. The molecule has 13 rings (SSSR count). The van der Waals surface area contributed by atoms with Crippen molar-refractivity contribution in [2.24, 2.45) is 0 Å². The maximum absolute atomic E-state index is 12.0. The minimum absolute atomic E-state index is 0.0132. The summed E-state index contributed by atoms with van der Waals surface area (Å²) in [5.41, 5.74) is 0.561. The minimum atomic E-state index is -0.684. The number of rotatable bonds is 4. The molecule has 286 valence electrons. The molecule has 0 saturated heterocycles. The van der Waals surface area contributed by atoms with Crippen LogP contribution in [0.2, 0.25) is 0 Å². The van der Waals surface area contributed by atoms with E-state index in [-0.39, 0.29) is 39.3 Å². The maximum atomic E-state index is 12.0. The molecule has 0 saturated carbocycles. The topological polar surface area (TPSA) is 38.0 Å². The first-order valence-electron chi connectivity index (χ1n) is 24.7. The Bertz CT molecular complexity index is 4460. The third-order valence-electron chi connectivity index (χ3n) is 12.0. The zero-order valence-corrected chi connectivity index (χ0v) is 33.8. The Morgan fingerprint density at radius 1 is 0.484 bits per heavy atom. The van der Waals surface area contributed by atoms with Gasteiger partial charge in [0.15, 0.2) is 0 Å².